The van der Waals surface area contributed by atoms with Gasteiger partial charge >= 0.3 is 5.97 Å². The summed E-state index contributed by atoms with van der Waals surface area (Å²) in [4.78, 5) is 10.6. The SMILES string of the molecule is O=C(O)c1ccc(C(O)C2COCCO2)o1. The van der Waals surface area contributed by atoms with Gasteiger partial charge in [-0.2, -0.15) is 0 Å². The predicted molar refractivity (Wildman–Crippen MR) is 51.2 cm³/mol. The zero-order chi connectivity index (χ0) is 11.5. The summed E-state index contributed by atoms with van der Waals surface area (Å²) in [7, 11) is 0. The minimum absolute atomic E-state index is 0.174. The van der Waals surface area contributed by atoms with Crippen molar-refractivity contribution in [3.05, 3.63) is 23.7 Å². The largest absolute Gasteiger partial charge is 0.475 e. The van der Waals surface area contributed by atoms with E-state index in [9.17, 15) is 9.90 Å². The van der Waals surface area contributed by atoms with E-state index in [1.165, 1.54) is 12.1 Å². The maximum atomic E-state index is 10.6. The second-order valence-electron chi connectivity index (χ2n) is 3.44. The molecule has 2 atom stereocenters. The number of carbonyl (C=O) groups is 1. The van der Waals surface area contributed by atoms with Crippen LogP contribution in [0.25, 0.3) is 0 Å². The summed E-state index contributed by atoms with van der Waals surface area (Å²) in [5.74, 6) is -1.20. The van der Waals surface area contributed by atoms with Gasteiger partial charge < -0.3 is 24.1 Å². The van der Waals surface area contributed by atoms with E-state index in [0.29, 0.717) is 13.2 Å². The van der Waals surface area contributed by atoms with Crippen molar-refractivity contribution in [2.75, 3.05) is 19.8 Å². The molecular weight excluding hydrogens is 216 g/mol. The molecule has 6 nitrogen and oxygen atoms in total. The van der Waals surface area contributed by atoms with Crippen molar-refractivity contribution >= 4 is 5.97 Å². The second-order valence-corrected chi connectivity index (χ2v) is 3.44. The van der Waals surface area contributed by atoms with Crippen molar-refractivity contribution in [2.24, 2.45) is 0 Å². The Morgan fingerprint density at radius 2 is 2.25 bits per heavy atom. The molecule has 1 aliphatic heterocycles. The third-order valence-electron chi connectivity index (χ3n) is 2.32. The van der Waals surface area contributed by atoms with Crippen LogP contribution in [-0.4, -0.2) is 42.1 Å². The van der Waals surface area contributed by atoms with Crippen LogP contribution >= 0.6 is 0 Å². The van der Waals surface area contributed by atoms with E-state index >= 15 is 0 Å². The van der Waals surface area contributed by atoms with Gasteiger partial charge in [0.1, 0.15) is 18.0 Å². The highest BCUT2D eigenvalue weighted by atomic mass is 16.6. The molecule has 0 amide bonds. The number of aliphatic hydroxyl groups excluding tert-OH is 1. The summed E-state index contributed by atoms with van der Waals surface area (Å²) in [5.41, 5.74) is 0. The van der Waals surface area contributed by atoms with E-state index in [4.69, 9.17) is 19.0 Å². The zero-order valence-corrected chi connectivity index (χ0v) is 8.46. The Morgan fingerprint density at radius 1 is 1.44 bits per heavy atom. The van der Waals surface area contributed by atoms with Crippen LogP contribution in [0, 0.1) is 0 Å². The van der Waals surface area contributed by atoms with Crippen LogP contribution < -0.4 is 0 Å². The average Bonchev–Trinajstić information content (AvgIpc) is 2.78. The van der Waals surface area contributed by atoms with E-state index in [1.54, 1.807) is 0 Å². The highest BCUT2D eigenvalue weighted by Gasteiger charge is 2.27. The number of aromatic carboxylic acids is 1. The maximum absolute atomic E-state index is 10.6. The minimum atomic E-state index is -1.17. The Bertz CT molecular complexity index is 365. The standard InChI is InChI=1S/C10H12O6/c11-9(8-5-14-3-4-15-8)6-1-2-7(16-6)10(12)13/h1-2,8-9,11H,3-5H2,(H,12,13). The van der Waals surface area contributed by atoms with Crippen LogP contribution in [0.1, 0.15) is 22.4 Å². The first-order chi connectivity index (χ1) is 7.68. The van der Waals surface area contributed by atoms with E-state index in [1.807, 2.05) is 0 Å². The van der Waals surface area contributed by atoms with Crippen molar-refractivity contribution in [1.29, 1.82) is 0 Å². The summed E-state index contributed by atoms with van der Waals surface area (Å²) in [6.45, 7) is 1.18. The third kappa shape index (κ3) is 2.24. The van der Waals surface area contributed by atoms with Gasteiger partial charge in [0, 0.05) is 0 Å². The van der Waals surface area contributed by atoms with E-state index in [2.05, 4.69) is 0 Å². The fraction of sp³-hybridized carbons (Fsp3) is 0.500. The van der Waals surface area contributed by atoms with E-state index in [-0.39, 0.29) is 18.1 Å². The van der Waals surface area contributed by atoms with E-state index in [0.717, 1.165) is 0 Å². The van der Waals surface area contributed by atoms with Crippen molar-refractivity contribution < 1.29 is 28.9 Å². The fourth-order valence-electron chi connectivity index (χ4n) is 1.50. The second kappa shape index (κ2) is 4.65. The first kappa shape index (κ1) is 11.1. The number of carboxylic acids is 1. The number of carboxylic acid groups (broad SMARTS) is 1. The summed E-state index contributed by atoms with van der Waals surface area (Å²) < 4.78 is 15.4. The monoisotopic (exact) mass is 228 g/mol. The van der Waals surface area contributed by atoms with Crippen LogP contribution in [0.5, 0.6) is 0 Å². The molecule has 1 fully saturated rings. The molecule has 2 rings (SSSR count). The molecule has 0 bridgehead atoms. The van der Waals surface area contributed by atoms with Gasteiger partial charge in [-0.15, -0.1) is 0 Å². The van der Waals surface area contributed by atoms with Gasteiger partial charge in [-0.05, 0) is 12.1 Å². The molecule has 1 saturated heterocycles. The number of furan rings is 1. The van der Waals surface area contributed by atoms with Crippen LogP contribution in [0.2, 0.25) is 0 Å². The molecule has 2 heterocycles. The number of hydrogen-bond donors (Lipinski definition) is 2. The van der Waals surface area contributed by atoms with Crippen molar-refractivity contribution in [1.82, 2.24) is 0 Å². The lowest BCUT2D eigenvalue weighted by molar-refractivity contribution is -0.137. The number of ether oxygens (including phenoxy) is 2. The molecule has 6 heteroatoms. The lowest BCUT2D eigenvalue weighted by Gasteiger charge is -2.25. The van der Waals surface area contributed by atoms with Crippen LogP contribution in [0.4, 0.5) is 0 Å². The molecule has 0 spiro atoms. The van der Waals surface area contributed by atoms with Crippen molar-refractivity contribution in [3.8, 4) is 0 Å². The topological polar surface area (TPSA) is 89.1 Å². The van der Waals surface area contributed by atoms with Gasteiger partial charge in [-0.1, -0.05) is 0 Å². The van der Waals surface area contributed by atoms with Crippen LogP contribution in [0.3, 0.4) is 0 Å². The first-order valence-corrected chi connectivity index (χ1v) is 4.89. The summed E-state index contributed by atoms with van der Waals surface area (Å²) in [6, 6.07) is 2.72. The Morgan fingerprint density at radius 3 is 2.81 bits per heavy atom. The molecule has 1 aliphatic rings. The summed E-state index contributed by atoms with van der Waals surface area (Å²) >= 11 is 0. The van der Waals surface area contributed by atoms with Gasteiger partial charge in [0.25, 0.3) is 0 Å². The fourth-order valence-corrected chi connectivity index (χ4v) is 1.50. The molecule has 1 aromatic rings. The lowest BCUT2D eigenvalue weighted by atomic mass is 10.1. The normalized spacial score (nSPS) is 22.9. The summed E-state index contributed by atoms with van der Waals surface area (Å²) in [5, 5.41) is 18.5. The predicted octanol–water partition coefficient (Wildman–Crippen LogP) is 0.427. The molecule has 0 saturated carbocycles. The molecule has 2 unspecified atom stereocenters. The lowest BCUT2D eigenvalue weighted by Crippen LogP contribution is -2.33. The molecule has 88 valence electrons. The minimum Gasteiger partial charge on any atom is -0.475 e. The number of rotatable bonds is 3. The molecular formula is C10H12O6. The average molecular weight is 228 g/mol. The Hall–Kier alpha value is -1.37. The molecule has 0 aromatic carbocycles. The summed E-state index contributed by atoms with van der Waals surface area (Å²) in [6.07, 6.45) is -1.52. The van der Waals surface area contributed by atoms with E-state index < -0.39 is 18.2 Å². The maximum Gasteiger partial charge on any atom is 0.371 e. The van der Waals surface area contributed by atoms with Crippen molar-refractivity contribution in [3.63, 3.8) is 0 Å². The van der Waals surface area contributed by atoms with Gasteiger partial charge in [0.05, 0.1) is 19.8 Å². The van der Waals surface area contributed by atoms with Gasteiger partial charge in [-0.3, -0.25) is 0 Å². The van der Waals surface area contributed by atoms with Crippen LogP contribution in [0.15, 0.2) is 16.5 Å². The smallest absolute Gasteiger partial charge is 0.371 e. The molecule has 2 N–H and O–H groups in total. The molecule has 0 radical (unpaired) electrons. The zero-order valence-electron chi connectivity index (χ0n) is 8.46. The highest BCUT2D eigenvalue weighted by Crippen LogP contribution is 2.23. The Kier molecular flexibility index (Phi) is 3.23. The first-order valence-electron chi connectivity index (χ1n) is 4.89. The van der Waals surface area contributed by atoms with Gasteiger partial charge in [0.15, 0.2) is 0 Å². The van der Waals surface area contributed by atoms with Crippen molar-refractivity contribution in [2.45, 2.75) is 12.2 Å². The number of hydrogen-bond acceptors (Lipinski definition) is 5. The van der Waals surface area contributed by atoms with Crippen LogP contribution in [-0.2, 0) is 9.47 Å². The Balaban J connectivity index is 2.07. The molecule has 1 aromatic heterocycles. The van der Waals surface area contributed by atoms with Gasteiger partial charge in [0.2, 0.25) is 5.76 Å². The van der Waals surface area contributed by atoms with Gasteiger partial charge in [-0.25, -0.2) is 4.79 Å². The third-order valence-corrected chi connectivity index (χ3v) is 2.32. The molecule has 16 heavy (non-hydrogen) atoms. The Labute approximate surface area is 91.4 Å². The molecule has 0 aliphatic carbocycles. The highest BCUT2D eigenvalue weighted by molar-refractivity contribution is 5.84. The number of aliphatic hydroxyl groups is 1. The quantitative estimate of drug-likeness (QED) is 0.779.